The predicted molar refractivity (Wildman–Crippen MR) is 67.2 cm³/mol. The van der Waals surface area contributed by atoms with Crippen LogP contribution in [0.2, 0.25) is 0 Å². The van der Waals surface area contributed by atoms with Crippen LogP contribution in [-0.4, -0.2) is 25.2 Å². The van der Waals surface area contributed by atoms with E-state index in [0.29, 0.717) is 6.04 Å². The highest BCUT2D eigenvalue weighted by molar-refractivity contribution is 4.74. The maximum absolute atomic E-state index is 3.65. The van der Waals surface area contributed by atoms with Gasteiger partial charge in [0.1, 0.15) is 0 Å². The second-order valence-corrected chi connectivity index (χ2v) is 4.95. The number of unbranched alkanes of at least 4 members (excludes halogenated alkanes) is 1. The van der Waals surface area contributed by atoms with E-state index in [2.05, 4.69) is 24.5 Å². The van der Waals surface area contributed by atoms with E-state index in [9.17, 15) is 0 Å². The molecule has 2 N–H and O–H groups in total. The molecule has 15 heavy (non-hydrogen) atoms. The zero-order valence-corrected chi connectivity index (χ0v) is 10.5. The van der Waals surface area contributed by atoms with Gasteiger partial charge in [-0.2, -0.15) is 0 Å². The first kappa shape index (κ1) is 13.0. The molecule has 1 fully saturated rings. The topological polar surface area (TPSA) is 24.1 Å². The average molecular weight is 212 g/mol. The zero-order chi connectivity index (χ0) is 10.9. The molecule has 0 amide bonds. The van der Waals surface area contributed by atoms with Crippen molar-refractivity contribution in [1.29, 1.82) is 0 Å². The molecular weight excluding hydrogens is 184 g/mol. The van der Waals surface area contributed by atoms with Crippen molar-refractivity contribution >= 4 is 0 Å². The van der Waals surface area contributed by atoms with Crippen molar-refractivity contribution in [2.45, 2.75) is 70.9 Å². The van der Waals surface area contributed by atoms with Gasteiger partial charge < -0.3 is 10.6 Å². The Balaban J connectivity index is 2.06. The molecule has 1 aliphatic heterocycles. The fraction of sp³-hybridized carbons (Fsp3) is 1.00. The van der Waals surface area contributed by atoms with Crippen molar-refractivity contribution < 1.29 is 0 Å². The van der Waals surface area contributed by atoms with Crippen LogP contribution in [0.4, 0.5) is 0 Å². The van der Waals surface area contributed by atoms with Gasteiger partial charge in [-0.25, -0.2) is 0 Å². The molecule has 2 nitrogen and oxygen atoms in total. The standard InChI is InChI=1S/C13H28N2/c1-3-4-8-12(2)15-11-13-9-6-5-7-10-14-13/h12-15H,3-11H2,1-2H3. The van der Waals surface area contributed by atoms with E-state index in [1.165, 1.54) is 51.5 Å². The van der Waals surface area contributed by atoms with Crippen molar-refractivity contribution in [3.8, 4) is 0 Å². The molecule has 1 rings (SSSR count). The van der Waals surface area contributed by atoms with E-state index in [1.807, 2.05) is 0 Å². The van der Waals surface area contributed by atoms with Crippen molar-refractivity contribution in [3.05, 3.63) is 0 Å². The van der Waals surface area contributed by atoms with Gasteiger partial charge >= 0.3 is 0 Å². The van der Waals surface area contributed by atoms with Crippen LogP contribution in [0.15, 0.2) is 0 Å². The third-order valence-corrected chi connectivity index (χ3v) is 3.37. The molecule has 2 unspecified atom stereocenters. The largest absolute Gasteiger partial charge is 0.313 e. The molecule has 0 aromatic rings. The maximum Gasteiger partial charge on any atom is 0.0192 e. The van der Waals surface area contributed by atoms with E-state index in [0.717, 1.165) is 12.6 Å². The molecule has 1 saturated heterocycles. The molecule has 0 aromatic heterocycles. The van der Waals surface area contributed by atoms with E-state index < -0.39 is 0 Å². The lowest BCUT2D eigenvalue weighted by Gasteiger charge is -2.20. The summed E-state index contributed by atoms with van der Waals surface area (Å²) in [6.45, 7) is 6.95. The molecule has 1 aliphatic rings. The predicted octanol–water partition coefficient (Wildman–Crippen LogP) is 2.69. The first-order valence-corrected chi connectivity index (χ1v) is 6.79. The van der Waals surface area contributed by atoms with Crippen molar-refractivity contribution in [2.24, 2.45) is 0 Å². The van der Waals surface area contributed by atoms with E-state index >= 15 is 0 Å². The Kier molecular flexibility index (Phi) is 7.03. The Labute approximate surface area is 95.2 Å². The van der Waals surface area contributed by atoms with Gasteiger partial charge in [-0.3, -0.25) is 0 Å². The van der Waals surface area contributed by atoms with Crippen LogP contribution >= 0.6 is 0 Å². The highest BCUT2D eigenvalue weighted by Crippen LogP contribution is 2.08. The summed E-state index contributed by atoms with van der Waals surface area (Å²) in [6.07, 6.45) is 9.52. The number of rotatable bonds is 6. The second kappa shape index (κ2) is 8.12. The monoisotopic (exact) mass is 212 g/mol. The van der Waals surface area contributed by atoms with Crippen LogP contribution in [0.1, 0.15) is 58.8 Å². The summed E-state index contributed by atoms with van der Waals surface area (Å²) in [5.41, 5.74) is 0. The quantitative estimate of drug-likeness (QED) is 0.707. The van der Waals surface area contributed by atoms with Gasteiger partial charge in [-0.1, -0.05) is 32.6 Å². The lowest BCUT2D eigenvalue weighted by Crippen LogP contribution is -2.41. The third-order valence-electron chi connectivity index (χ3n) is 3.37. The minimum atomic E-state index is 0.690. The first-order valence-electron chi connectivity index (χ1n) is 6.79. The van der Waals surface area contributed by atoms with E-state index in [-0.39, 0.29) is 0 Å². The fourth-order valence-electron chi connectivity index (χ4n) is 2.23. The van der Waals surface area contributed by atoms with Gasteiger partial charge in [0.2, 0.25) is 0 Å². The molecule has 0 radical (unpaired) electrons. The Morgan fingerprint density at radius 2 is 2.20 bits per heavy atom. The summed E-state index contributed by atoms with van der Waals surface area (Å²) in [6, 6.07) is 1.41. The van der Waals surface area contributed by atoms with Crippen LogP contribution in [-0.2, 0) is 0 Å². The van der Waals surface area contributed by atoms with Crippen LogP contribution in [0, 0.1) is 0 Å². The molecule has 0 spiro atoms. The minimum Gasteiger partial charge on any atom is -0.313 e. The van der Waals surface area contributed by atoms with Crippen LogP contribution in [0.25, 0.3) is 0 Å². The van der Waals surface area contributed by atoms with Crippen molar-refractivity contribution in [3.63, 3.8) is 0 Å². The highest BCUT2D eigenvalue weighted by atomic mass is 15.0. The fourth-order valence-corrected chi connectivity index (χ4v) is 2.23. The summed E-state index contributed by atoms with van der Waals surface area (Å²) in [5, 5.41) is 7.28. The number of nitrogens with one attached hydrogen (secondary N) is 2. The lowest BCUT2D eigenvalue weighted by molar-refractivity contribution is 0.420. The lowest BCUT2D eigenvalue weighted by atomic mass is 10.1. The van der Waals surface area contributed by atoms with Gasteiger partial charge in [0.05, 0.1) is 0 Å². The Morgan fingerprint density at radius 3 is 3.00 bits per heavy atom. The molecule has 0 aromatic carbocycles. The minimum absolute atomic E-state index is 0.690. The molecule has 0 saturated carbocycles. The molecule has 1 heterocycles. The normalized spacial score (nSPS) is 24.8. The maximum atomic E-state index is 3.65. The summed E-state index contributed by atoms with van der Waals surface area (Å²) >= 11 is 0. The average Bonchev–Trinajstić information content (AvgIpc) is 2.51. The number of hydrogen-bond acceptors (Lipinski definition) is 2. The Morgan fingerprint density at radius 1 is 1.33 bits per heavy atom. The van der Waals surface area contributed by atoms with Crippen LogP contribution in [0.5, 0.6) is 0 Å². The third kappa shape index (κ3) is 6.16. The molecule has 2 atom stereocenters. The summed E-state index contributed by atoms with van der Waals surface area (Å²) in [5.74, 6) is 0. The SMILES string of the molecule is CCCCC(C)NCC1CCCCCN1. The van der Waals surface area contributed by atoms with Crippen LogP contribution in [0.3, 0.4) is 0 Å². The van der Waals surface area contributed by atoms with Gasteiger partial charge in [0, 0.05) is 18.6 Å². The molecule has 90 valence electrons. The first-order chi connectivity index (χ1) is 7.33. The van der Waals surface area contributed by atoms with Crippen LogP contribution < -0.4 is 10.6 Å². The zero-order valence-electron chi connectivity index (χ0n) is 10.5. The summed E-state index contributed by atoms with van der Waals surface area (Å²) in [7, 11) is 0. The second-order valence-electron chi connectivity index (χ2n) is 4.95. The molecular formula is C13H28N2. The van der Waals surface area contributed by atoms with Gasteiger partial charge in [0.15, 0.2) is 0 Å². The highest BCUT2D eigenvalue weighted by Gasteiger charge is 2.11. The Bertz CT molecular complexity index is 139. The Hall–Kier alpha value is -0.0800. The summed E-state index contributed by atoms with van der Waals surface area (Å²) < 4.78 is 0. The van der Waals surface area contributed by atoms with E-state index in [1.54, 1.807) is 0 Å². The summed E-state index contributed by atoms with van der Waals surface area (Å²) in [4.78, 5) is 0. The van der Waals surface area contributed by atoms with Gasteiger partial charge in [-0.05, 0) is 32.7 Å². The van der Waals surface area contributed by atoms with Gasteiger partial charge in [0.25, 0.3) is 0 Å². The number of hydrogen-bond donors (Lipinski definition) is 2. The molecule has 0 aliphatic carbocycles. The van der Waals surface area contributed by atoms with E-state index in [4.69, 9.17) is 0 Å². The smallest absolute Gasteiger partial charge is 0.0192 e. The van der Waals surface area contributed by atoms with Crippen molar-refractivity contribution in [1.82, 2.24) is 10.6 Å². The van der Waals surface area contributed by atoms with Crippen molar-refractivity contribution in [2.75, 3.05) is 13.1 Å². The molecule has 0 bridgehead atoms. The molecule has 2 heteroatoms. The van der Waals surface area contributed by atoms with Gasteiger partial charge in [-0.15, -0.1) is 0 Å².